The molecule has 0 saturated carbocycles. The van der Waals surface area contributed by atoms with E-state index in [1.165, 1.54) is 0 Å². The molecule has 5 heteroatoms. The quantitative estimate of drug-likeness (QED) is 0.685. The average Bonchev–Trinajstić information content (AvgIpc) is 2.26. The normalized spacial score (nSPS) is 10.6. The Morgan fingerprint density at radius 2 is 1.80 bits per heavy atom. The van der Waals surface area contributed by atoms with Gasteiger partial charge in [0.25, 0.3) is 0 Å². The summed E-state index contributed by atoms with van der Waals surface area (Å²) in [4.78, 5) is 13.2. The van der Waals surface area contributed by atoms with Gasteiger partial charge in [-0.2, -0.15) is 0 Å². The molecule has 0 aromatic rings. The highest BCUT2D eigenvalue weighted by Crippen LogP contribution is 1.90. The summed E-state index contributed by atoms with van der Waals surface area (Å²) in [6.45, 7) is 4.00. The van der Waals surface area contributed by atoms with Crippen molar-refractivity contribution in [2.45, 2.75) is 6.92 Å². The maximum atomic E-state index is 11.6. The van der Waals surface area contributed by atoms with Crippen molar-refractivity contribution >= 4 is 6.03 Å². The summed E-state index contributed by atoms with van der Waals surface area (Å²) in [5.74, 6) is 0. The van der Waals surface area contributed by atoms with E-state index in [1.54, 1.807) is 31.4 Å². The highest BCUT2D eigenvalue weighted by Gasteiger charge is 2.10. The molecule has 0 saturated heterocycles. The molecule has 0 radical (unpaired) electrons. The predicted molar refractivity (Wildman–Crippen MR) is 58.7 cm³/mol. The van der Waals surface area contributed by atoms with Crippen LogP contribution in [0.4, 0.5) is 4.79 Å². The van der Waals surface area contributed by atoms with Crippen molar-refractivity contribution in [3.63, 3.8) is 0 Å². The summed E-state index contributed by atoms with van der Waals surface area (Å²) in [6, 6.07) is -0.137. The van der Waals surface area contributed by atoms with Crippen molar-refractivity contribution in [1.29, 1.82) is 0 Å². The fraction of sp³-hybridized carbons (Fsp3) is 0.700. The summed E-state index contributed by atoms with van der Waals surface area (Å²) in [7, 11) is 3.22. The Balaban J connectivity index is 4.01. The minimum Gasteiger partial charge on any atom is -0.383 e. The molecule has 0 spiro atoms. The number of carbonyl (C=O) groups excluding carboxylic acids is 1. The van der Waals surface area contributed by atoms with Crippen LogP contribution < -0.4 is 5.32 Å². The van der Waals surface area contributed by atoms with Gasteiger partial charge in [-0.25, -0.2) is 4.79 Å². The topological polar surface area (TPSA) is 50.8 Å². The van der Waals surface area contributed by atoms with Gasteiger partial charge in [-0.1, -0.05) is 6.08 Å². The number of urea groups is 1. The highest BCUT2D eigenvalue weighted by atomic mass is 16.5. The number of amides is 2. The van der Waals surface area contributed by atoms with Crippen molar-refractivity contribution in [1.82, 2.24) is 10.2 Å². The zero-order valence-corrected chi connectivity index (χ0v) is 9.66. The van der Waals surface area contributed by atoms with Crippen LogP contribution in [0.15, 0.2) is 12.3 Å². The molecule has 0 heterocycles. The van der Waals surface area contributed by atoms with Gasteiger partial charge < -0.3 is 19.7 Å². The summed E-state index contributed by atoms with van der Waals surface area (Å²) >= 11 is 0. The van der Waals surface area contributed by atoms with E-state index in [0.29, 0.717) is 26.3 Å². The minimum atomic E-state index is -0.137. The number of methoxy groups -OCH3 is 2. The first-order chi connectivity index (χ1) is 7.26. The van der Waals surface area contributed by atoms with Gasteiger partial charge >= 0.3 is 6.03 Å². The van der Waals surface area contributed by atoms with Crippen molar-refractivity contribution in [3.8, 4) is 0 Å². The SMILES string of the molecule is C/C=C/NC(=O)N(CCOC)CCOC. The lowest BCUT2D eigenvalue weighted by Gasteiger charge is -2.21. The fourth-order valence-corrected chi connectivity index (χ4v) is 0.964. The molecule has 0 fully saturated rings. The Bertz CT molecular complexity index is 187. The zero-order chi connectivity index (χ0) is 11.5. The predicted octanol–water partition coefficient (Wildman–Crippen LogP) is 0.824. The molecule has 0 rings (SSSR count). The Labute approximate surface area is 91.0 Å². The Kier molecular flexibility index (Phi) is 8.81. The number of carbonyl (C=O) groups is 1. The van der Waals surface area contributed by atoms with E-state index in [0.717, 1.165) is 0 Å². The van der Waals surface area contributed by atoms with Crippen LogP contribution in [0.2, 0.25) is 0 Å². The van der Waals surface area contributed by atoms with Crippen molar-refractivity contribution in [2.75, 3.05) is 40.5 Å². The monoisotopic (exact) mass is 216 g/mol. The Morgan fingerprint density at radius 3 is 2.20 bits per heavy atom. The highest BCUT2D eigenvalue weighted by molar-refractivity contribution is 5.75. The lowest BCUT2D eigenvalue weighted by Crippen LogP contribution is -2.41. The van der Waals surface area contributed by atoms with Gasteiger partial charge in [-0.3, -0.25) is 0 Å². The average molecular weight is 216 g/mol. The Morgan fingerprint density at radius 1 is 1.27 bits per heavy atom. The molecular weight excluding hydrogens is 196 g/mol. The standard InChI is InChI=1S/C10H20N2O3/c1-4-5-11-10(13)12(6-8-14-2)7-9-15-3/h4-5H,6-9H2,1-3H3,(H,11,13)/b5-4+. The first-order valence-electron chi connectivity index (χ1n) is 4.90. The molecule has 5 nitrogen and oxygen atoms in total. The van der Waals surface area contributed by atoms with Crippen LogP contribution in [0.1, 0.15) is 6.92 Å². The molecule has 0 unspecified atom stereocenters. The second kappa shape index (κ2) is 9.48. The third kappa shape index (κ3) is 6.93. The van der Waals surface area contributed by atoms with Gasteiger partial charge in [-0.05, 0) is 6.92 Å². The largest absolute Gasteiger partial charge is 0.383 e. The molecule has 2 amide bonds. The number of hydrogen-bond acceptors (Lipinski definition) is 3. The summed E-state index contributed by atoms with van der Waals surface area (Å²) in [5.41, 5.74) is 0. The zero-order valence-electron chi connectivity index (χ0n) is 9.66. The third-order valence-corrected chi connectivity index (χ3v) is 1.79. The van der Waals surface area contributed by atoms with Gasteiger partial charge in [0.2, 0.25) is 0 Å². The molecule has 0 bridgehead atoms. The number of ether oxygens (including phenoxy) is 2. The molecule has 0 aliphatic heterocycles. The van der Waals surface area contributed by atoms with Crippen LogP contribution in [0.3, 0.4) is 0 Å². The molecular formula is C10H20N2O3. The molecule has 88 valence electrons. The maximum Gasteiger partial charge on any atom is 0.321 e. The van der Waals surface area contributed by atoms with Crippen LogP contribution >= 0.6 is 0 Å². The van der Waals surface area contributed by atoms with E-state index in [2.05, 4.69) is 5.32 Å². The molecule has 15 heavy (non-hydrogen) atoms. The van der Waals surface area contributed by atoms with E-state index in [9.17, 15) is 4.79 Å². The van der Waals surface area contributed by atoms with Crippen molar-refractivity contribution in [2.24, 2.45) is 0 Å². The summed E-state index contributed by atoms with van der Waals surface area (Å²) < 4.78 is 9.85. The van der Waals surface area contributed by atoms with E-state index >= 15 is 0 Å². The maximum absolute atomic E-state index is 11.6. The molecule has 0 aliphatic carbocycles. The van der Waals surface area contributed by atoms with Crippen LogP contribution in [0.25, 0.3) is 0 Å². The molecule has 0 aliphatic rings. The third-order valence-electron chi connectivity index (χ3n) is 1.79. The molecule has 1 N–H and O–H groups in total. The van der Waals surface area contributed by atoms with E-state index in [4.69, 9.17) is 9.47 Å². The molecule has 0 atom stereocenters. The van der Waals surface area contributed by atoms with Crippen LogP contribution in [0, 0.1) is 0 Å². The number of nitrogens with zero attached hydrogens (tertiary/aromatic N) is 1. The first kappa shape index (κ1) is 13.9. The van der Waals surface area contributed by atoms with Crippen LogP contribution in [0.5, 0.6) is 0 Å². The van der Waals surface area contributed by atoms with Gasteiger partial charge in [0, 0.05) is 33.5 Å². The van der Waals surface area contributed by atoms with Gasteiger partial charge in [-0.15, -0.1) is 0 Å². The number of rotatable bonds is 7. The summed E-state index contributed by atoms with van der Waals surface area (Å²) in [6.07, 6.45) is 3.37. The Hall–Kier alpha value is -1.07. The van der Waals surface area contributed by atoms with E-state index in [-0.39, 0.29) is 6.03 Å². The molecule has 0 aromatic heterocycles. The lowest BCUT2D eigenvalue weighted by atomic mass is 10.5. The first-order valence-corrected chi connectivity index (χ1v) is 4.90. The van der Waals surface area contributed by atoms with Gasteiger partial charge in [0.1, 0.15) is 0 Å². The van der Waals surface area contributed by atoms with Gasteiger partial charge in [0.15, 0.2) is 0 Å². The van der Waals surface area contributed by atoms with Gasteiger partial charge in [0.05, 0.1) is 13.2 Å². The van der Waals surface area contributed by atoms with Crippen LogP contribution in [-0.4, -0.2) is 51.5 Å². The van der Waals surface area contributed by atoms with Crippen molar-refractivity contribution < 1.29 is 14.3 Å². The number of hydrogen-bond donors (Lipinski definition) is 1. The smallest absolute Gasteiger partial charge is 0.321 e. The second-order valence-electron chi connectivity index (χ2n) is 2.92. The molecule has 0 aromatic carbocycles. The van der Waals surface area contributed by atoms with E-state index < -0.39 is 0 Å². The van der Waals surface area contributed by atoms with Crippen LogP contribution in [-0.2, 0) is 9.47 Å². The lowest BCUT2D eigenvalue weighted by molar-refractivity contribution is 0.124. The van der Waals surface area contributed by atoms with Crippen molar-refractivity contribution in [3.05, 3.63) is 12.3 Å². The van der Waals surface area contributed by atoms with E-state index in [1.807, 2.05) is 6.92 Å². The summed E-state index contributed by atoms with van der Waals surface area (Å²) in [5, 5.41) is 2.65. The number of allylic oxidation sites excluding steroid dienone is 1. The fourth-order valence-electron chi connectivity index (χ4n) is 0.964. The minimum absolute atomic E-state index is 0.137. The number of nitrogens with one attached hydrogen (secondary N) is 1. The second-order valence-corrected chi connectivity index (χ2v) is 2.92.